The van der Waals surface area contributed by atoms with Crippen LogP contribution in [0.15, 0.2) is 36.4 Å². The van der Waals surface area contributed by atoms with Crippen LogP contribution in [0.1, 0.15) is 73.1 Å². The number of phenols is 1. The minimum absolute atomic E-state index is 0.00702. The Balaban J connectivity index is 1.82. The predicted octanol–water partition coefficient (Wildman–Crippen LogP) is 4.45. The molecule has 2 aromatic rings. The fourth-order valence-corrected chi connectivity index (χ4v) is 3.86. The predicted molar refractivity (Wildman–Crippen MR) is 110 cm³/mol. The average Bonchev–Trinajstić information content (AvgIpc) is 2.65. The molecule has 1 aliphatic carbocycles. The highest BCUT2D eigenvalue weighted by atomic mass is 16.5. The normalized spacial score (nSPS) is 16.5. The van der Waals surface area contributed by atoms with Gasteiger partial charge in [-0.2, -0.15) is 0 Å². The maximum Gasteiger partial charge on any atom is 0.278 e. The number of benzene rings is 2. The zero-order chi connectivity index (χ0) is 20.5. The van der Waals surface area contributed by atoms with Gasteiger partial charge in [0.1, 0.15) is 5.75 Å². The van der Waals surface area contributed by atoms with Crippen LogP contribution in [-0.4, -0.2) is 16.2 Å². The summed E-state index contributed by atoms with van der Waals surface area (Å²) in [4.78, 5) is 11.4. The van der Waals surface area contributed by atoms with Gasteiger partial charge in [-0.15, -0.1) is 0 Å². The summed E-state index contributed by atoms with van der Waals surface area (Å²) in [5, 5.41) is 18.6. The van der Waals surface area contributed by atoms with Crippen molar-refractivity contribution < 1.29 is 15.1 Å². The lowest BCUT2D eigenvalue weighted by atomic mass is 9.63. The zero-order valence-electron chi connectivity index (χ0n) is 16.9. The van der Waals surface area contributed by atoms with Crippen molar-refractivity contribution in [3.05, 3.63) is 64.2 Å². The number of fused-ring (bicyclic) bond motifs is 1. The summed E-state index contributed by atoms with van der Waals surface area (Å²) in [7, 11) is 0. The van der Waals surface area contributed by atoms with Crippen LogP contribution in [0.2, 0.25) is 0 Å². The Morgan fingerprint density at radius 3 is 2.36 bits per heavy atom. The second-order valence-corrected chi connectivity index (χ2v) is 8.80. The smallest absolute Gasteiger partial charge is 0.278 e. The van der Waals surface area contributed by atoms with Crippen LogP contribution in [-0.2, 0) is 17.3 Å². The number of aromatic hydroxyl groups is 1. The molecule has 0 atom stereocenters. The van der Waals surface area contributed by atoms with Gasteiger partial charge in [0.15, 0.2) is 0 Å². The summed E-state index contributed by atoms with van der Waals surface area (Å²) in [6.07, 6.45) is 2.98. The van der Waals surface area contributed by atoms with E-state index < -0.39 is 5.91 Å². The summed E-state index contributed by atoms with van der Waals surface area (Å²) < 4.78 is 0. The molecule has 0 radical (unpaired) electrons. The van der Waals surface area contributed by atoms with E-state index in [1.165, 1.54) is 47.1 Å². The summed E-state index contributed by atoms with van der Waals surface area (Å²) in [5.41, 5.74) is 6.53. The van der Waals surface area contributed by atoms with Gasteiger partial charge < -0.3 is 5.11 Å². The minimum atomic E-state index is -0.753. The first-order valence-electron chi connectivity index (χ1n) is 9.54. The Bertz CT molecular complexity index is 977. The number of carbonyl (C=O) groups is 1. The standard InChI is InChI=1S/C24H27NO3/c1-23(2)12-13-24(3,4)20-14-16(9-11-19(20)23)6-5-7-17-8-10-18(21(26)15-17)22(27)25-28/h8-11,14-15,26,28H,6,12-13H2,1-4H3,(H,25,27). The number of hydrogen-bond acceptors (Lipinski definition) is 3. The van der Waals surface area contributed by atoms with Crippen molar-refractivity contribution in [2.24, 2.45) is 0 Å². The van der Waals surface area contributed by atoms with Crippen LogP contribution in [0.4, 0.5) is 0 Å². The molecule has 0 aliphatic heterocycles. The van der Waals surface area contributed by atoms with E-state index in [9.17, 15) is 9.90 Å². The van der Waals surface area contributed by atoms with Crippen LogP contribution >= 0.6 is 0 Å². The Kier molecular flexibility index (Phi) is 5.23. The molecule has 146 valence electrons. The third-order valence-electron chi connectivity index (χ3n) is 5.79. The second-order valence-electron chi connectivity index (χ2n) is 8.80. The van der Waals surface area contributed by atoms with Crippen molar-refractivity contribution in [1.29, 1.82) is 0 Å². The molecule has 1 aliphatic rings. The maximum absolute atomic E-state index is 11.4. The molecule has 0 saturated heterocycles. The van der Waals surface area contributed by atoms with E-state index in [0.29, 0.717) is 12.0 Å². The third-order valence-corrected chi connectivity index (χ3v) is 5.79. The van der Waals surface area contributed by atoms with Gasteiger partial charge in [0, 0.05) is 12.0 Å². The molecule has 0 spiro atoms. The number of phenolic OH excluding ortho intramolecular Hbond substituents is 1. The van der Waals surface area contributed by atoms with Crippen LogP contribution in [0.3, 0.4) is 0 Å². The molecule has 28 heavy (non-hydrogen) atoms. The van der Waals surface area contributed by atoms with E-state index in [1.807, 2.05) is 0 Å². The van der Waals surface area contributed by atoms with Crippen LogP contribution in [0.5, 0.6) is 5.75 Å². The maximum atomic E-state index is 11.4. The van der Waals surface area contributed by atoms with Crippen molar-refractivity contribution in [1.82, 2.24) is 5.48 Å². The van der Waals surface area contributed by atoms with Crippen LogP contribution in [0.25, 0.3) is 0 Å². The van der Waals surface area contributed by atoms with Gasteiger partial charge in [0.05, 0.1) is 5.56 Å². The molecule has 0 bridgehead atoms. The van der Waals surface area contributed by atoms with Gasteiger partial charge in [0.2, 0.25) is 0 Å². The summed E-state index contributed by atoms with van der Waals surface area (Å²) in [6.45, 7) is 9.24. The fraction of sp³-hybridized carbons (Fsp3) is 0.375. The molecule has 3 N–H and O–H groups in total. The first-order chi connectivity index (χ1) is 13.1. The molecule has 0 unspecified atom stereocenters. The highest BCUT2D eigenvalue weighted by molar-refractivity contribution is 5.96. The van der Waals surface area contributed by atoms with Crippen molar-refractivity contribution in [3.8, 4) is 17.6 Å². The van der Waals surface area contributed by atoms with E-state index in [1.54, 1.807) is 6.07 Å². The number of rotatable bonds is 2. The van der Waals surface area contributed by atoms with Crippen molar-refractivity contribution in [2.75, 3.05) is 0 Å². The molecule has 4 nitrogen and oxygen atoms in total. The van der Waals surface area contributed by atoms with Gasteiger partial charge in [-0.25, -0.2) is 5.48 Å². The fourth-order valence-electron chi connectivity index (χ4n) is 3.86. The lowest BCUT2D eigenvalue weighted by Gasteiger charge is -2.42. The van der Waals surface area contributed by atoms with E-state index in [4.69, 9.17) is 5.21 Å². The number of hydrogen-bond donors (Lipinski definition) is 3. The molecule has 2 aromatic carbocycles. The van der Waals surface area contributed by atoms with Gasteiger partial charge in [0.25, 0.3) is 5.91 Å². The molecule has 0 fully saturated rings. The molecule has 0 aromatic heterocycles. The molecule has 1 amide bonds. The number of amides is 1. The Morgan fingerprint density at radius 2 is 1.71 bits per heavy atom. The first-order valence-corrected chi connectivity index (χ1v) is 9.54. The quantitative estimate of drug-likeness (QED) is 0.411. The molecule has 0 heterocycles. The number of hydroxylamine groups is 1. The Morgan fingerprint density at radius 1 is 1.04 bits per heavy atom. The van der Waals surface area contributed by atoms with Gasteiger partial charge in [-0.05, 0) is 58.6 Å². The van der Waals surface area contributed by atoms with E-state index >= 15 is 0 Å². The van der Waals surface area contributed by atoms with Crippen molar-refractivity contribution >= 4 is 5.91 Å². The SMILES string of the molecule is CC1(C)CCC(C)(C)c2cc(CC#Cc3ccc(C(=O)NO)c(O)c3)ccc21. The van der Waals surface area contributed by atoms with Crippen molar-refractivity contribution in [2.45, 2.75) is 57.8 Å². The van der Waals surface area contributed by atoms with E-state index in [2.05, 4.69) is 57.7 Å². The summed E-state index contributed by atoms with van der Waals surface area (Å²) >= 11 is 0. The van der Waals surface area contributed by atoms with Crippen LogP contribution in [0, 0.1) is 11.8 Å². The van der Waals surface area contributed by atoms with E-state index in [0.717, 1.165) is 0 Å². The molecule has 4 heteroatoms. The minimum Gasteiger partial charge on any atom is -0.507 e. The zero-order valence-corrected chi connectivity index (χ0v) is 16.9. The highest BCUT2D eigenvalue weighted by Gasteiger charge is 2.36. The average molecular weight is 377 g/mol. The highest BCUT2D eigenvalue weighted by Crippen LogP contribution is 2.45. The number of nitrogens with one attached hydrogen (secondary N) is 1. The van der Waals surface area contributed by atoms with Crippen LogP contribution < -0.4 is 5.48 Å². The first kappa shape index (κ1) is 20.0. The largest absolute Gasteiger partial charge is 0.507 e. The monoisotopic (exact) mass is 377 g/mol. The van der Waals surface area contributed by atoms with Gasteiger partial charge in [-0.1, -0.05) is 57.7 Å². The number of carbonyl (C=O) groups excluding carboxylic acids is 1. The molecular weight excluding hydrogens is 350 g/mol. The van der Waals surface area contributed by atoms with Gasteiger partial charge >= 0.3 is 0 Å². The Hall–Kier alpha value is -2.77. The van der Waals surface area contributed by atoms with Gasteiger partial charge in [-0.3, -0.25) is 10.0 Å². The Labute approximate surface area is 166 Å². The lowest BCUT2D eigenvalue weighted by Crippen LogP contribution is -2.33. The topological polar surface area (TPSA) is 69.6 Å². The third kappa shape index (κ3) is 3.90. The molecule has 0 saturated carbocycles. The lowest BCUT2D eigenvalue weighted by molar-refractivity contribution is 0.0703. The van der Waals surface area contributed by atoms with Crippen molar-refractivity contribution in [3.63, 3.8) is 0 Å². The second kappa shape index (κ2) is 7.33. The van der Waals surface area contributed by atoms with E-state index in [-0.39, 0.29) is 22.1 Å². The molecule has 3 rings (SSSR count). The summed E-state index contributed by atoms with van der Waals surface area (Å²) in [5.74, 6) is 5.22. The molecular formula is C24H27NO3. The summed E-state index contributed by atoms with van der Waals surface area (Å²) in [6, 6.07) is 11.2.